The predicted molar refractivity (Wildman–Crippen MR) is 112 cm³/mol. The van der Waals surface area contributed by atoms with Gasteiger partial charge in [-0.25, -0.2) is 0 Å². The van der Waals surface area contributed by atoms with Gasteiger partial charge in [0.15, 0.2) is 0 Å². The summed E-state index contributed by atoms with van der Waals surface area (Å²) in [5.74, 6) is 0.376. The van der Waals surface area contributed by atoms with E-state index in [1.54, 1.807) is 6.21 Å². The first kappa shape index (κ1) is 18.3. The van der Waals surface area contributed by atoms with Gasteiger partial charge in [0.25, 0.3) is 11.8 Å². The van der Waals surface area contributed by atoms with Crippen LogP contribution in [-0.2, 0) is 16.2 Å². The van der Waals surface area contributed by atoms with Crippen molar-refractivity contribution in [1.82, 2.24) is 5.01 Å². The van der Waals surface area contributed by atoms with Crippen LogP contribution in [0.1, 0.15) is 17.5 Å². The lowest BCUT2D eigenvalue weighted by Gasteiger charge is -2.13. The lowest BCUT2D eigenvalue weighted by Crippen LogP contribution is -2.28. The minimum absolute atomic E-state index is 0.164. The number of nitrogens with zero attached hydrogens (tertiary/aromatic N) is 2. The summed E-state index contributed by atoms with van der Waals surface area (Å²) in [5.41, 5.74) is 1.89. The standard InChI is InChI=1S/C23H19BrN2O3/c24-18-7-1-15(2-8-18)13-29-19-9-3-14(4-10-19)12-25-26-22(27)20-16-5-6-17(11-16)21(20)23(26)28/h1-10,12,16-17,20-21H,11,13H2/t16-,17-,20-,21+/m0/s1. The second kappa shape index (κ2) is 7.26. The van der Waals surface area contributed by atoms with Crippen molar-refractivity contribution in [1.29, 1.82) is 0 Å². The minimum Gasteiger partial charge on any atom is -0.489 e. The van der Waals surface area contributed by atoms with Crippen LogP contribution in [0, 0.1) is 23.7 Å². The maximum absolute atomic E-state index is 12.6. The molecule has 5 rings (SSSR count). The highest BCUT2D eigenvalue weighted by Crippen LogP contribution is 2.52. The van der Waals surface area contributed by atoms with E-state index in [2.05, 4.69) is 33.2 Å². The van der Waals surface area contributed by atoms with Crippen LogP contribution in [0.25, 0.3) is 0 Å². The highest BCUT2D eigenvalue weighted by Gasteiger charge is 2.59. The van der Waals surface area contributed by atoms with Gasteiger partial charge < -0.3 is 4.74 Å². The number of halogens is 1. The van der Waals surface area contributed by atoms with Gasteiger partial charge in [0, 0.05) is 4.47 Å². The lowest BCUT2D eigenvalue weighted by atomic mass is 9.85. The predicted octanol–water partition coefficient (Wildman–Crippen LogP) is 4.17. The van der Waals surface area contributed by atoms with Gasteiger partial charge in [-0.15, -0.1) is 0 Å². The summed E-state index contributed by atoms with van der Waals surface area (Å²) in [6.45, 7) is 0.483. The van der Waals surface area contributed by atoms with E-state index in [-0.39, 0.29) is 35.5 Å². The van der Waals surface area contributed by atoms with Crippen LogP contribution in [-0.4, -0.2) is 23.0 Å². The van der Waals surface area contributed by atoms with Gasteiger partial charge in [-0.1, -0.05) is 40.2 Å². The lowest BCUT2D eigenvalue weighted by molar-refractivity contribution is -0.140. The summed E-state index contributed by atoms with van der Waals surface area (Å²) in [4.78, 5) is 25.3. The third-order valence-electron chi connectivity index (χ3n) is 5.97. The van der Waals surface area contributed by atoms with Crippen molar-refractivity contribution in [2.45, 2.75) is 13.0 Å². The quantitative estimate of drug-likeness (QED) is 0.390. The van der Waals surface area contributed by atoms with E-state index < -0.39 is 0 Å². The second-order valence-corrected chi connectivity index (χ2v) is 8.63. The number of carbonyl (C=O) groups excluding carboxylic acids is 2. The molecule has 1 saturated heterocycles. The van der Waals surface area contributed by atoms with Gasteiger partial charge in [-0.05, 0) is 65.8 Å². The molecule has 1 saturated carbocycles. The van der Waals surface area contributed by atoms with Gasteiger partial charge in [0.1, 0.15) is 12.4 Å². The van der Waals surface area contributed by atoms with Crippen LogP contribution in [0.3, 0.4) is 0 Å². The molecular formula is C23H19BrN2O3. The van der Waals surface area contributed by atoms with Gasteiger partial charge >= 0.3 is 0 Å². The van der Waals surface area contributed by atoms with Gasteiger partial charge in [-0.2, -0.15) is 10.1 Å². The first-order chi connectivity index (χ1) is 14.1. The third kappa shape index (κ3) is 3.31. The van der Waals surface area contributed by atoms with Crippen LogP contribution < -0.4 is 4.74 Å². The Bertz CT molecular complexity index is 983. The van der Waals surface area contributed by atoms with E-state index in [0.717, 1.165) is 32.8 Å². The van der Waals surface area contributed by atoms with Crippen molar-refractivity contribution < 1.29 is 14.3 Å². The van der Waals surface area contributed by atoms with Crippen molar-refractivity contribution in [3.63, 3.8) is 0 Å². The summed E-state index contributed by atoms with van der Waals surface area (Å²) in [5, 5.41) is 5.27. The van der Waals surface area contributed by atoms with E-state index in [1.807, 2.05) is 48.5 Å². The summed E-state index contributed by atoms with van der Waals surface area (Å²) >= 11 is 3.42. The molecule has 0 spiro atoms. The van der Waals surface area contributed by atoms with Crippen molar-refractivity contribution in [3.05, 3.63) is 76.3 Å². The Morgan fingerprint density at radius 3 is 2.21 bits per heavy atom. The largest absolute Gasteiger partial charge is 0.489 e. The van der Waals surface area contributed by atoms with E-state index in [0.29, 0.717) is 6.61 Å². The zero-order valence-corrected chi connectivity index (χ0v) is 17.2. The van der Waals surface area contributed by atoms with E-state index in [4.69, 9.17) is 4.74 Å². The fraction of sp³-hybridized carbons (Fsp3) is 0.261. The van der Waals surface area contributed by atoms with E-state index in [9.17, 15) is 9.59 Å². The van der Waals surface area contributed by atoms with Crippen LogP contribution in [0.4, 0.5) is 0 Å². The number of fused-ring (bicyclic) bond motifs is 5. The van der Waals surface area contributed by atoms with Crippen molar-refractivity contribution in [2.75, 3.05) is 0 Å². The fourth-order valence-corrected chi connectivity index (χ4v) is 4.79. The molecule has 2 aromatic rings. The number of hydrazone groups is 1. The summed E-state index contributed by atoms with van der Waals surface area (Å²) in [6, 6.07) is 15.4. The van der Waals surface area contributed by atoms with E-state index in [1.165, 1.54) is 0 Å². The Morgan fingerprint density at radius 1 is 0.966 bits per heavy atom. The minimum atomic E-state index is -0.218. The highest BCUT2D eigenvalue weighted by molar-refractivity contribution is 9.10. The molecule has 29 heavy (non-hydrogen) atoms. The van der Waals surface area contributed by atoms with E-state index >= 15 is 0 Å². The summed E-state index contributed by atoms with van der Waals surface area (Å²) < 4.78 is 6.83. The number of hydrogen-bond donors (Lipinski definition) is 0. The normalized spacial score (nSPS) is 27.3. The Balaban J connectivity index is 1.22. The van der Waals surface area contributed by atoms with Crippen molar-refractivity contribution in [3.8, 4) is 5.75 Å². The zero-order chi connectivity index (χ0) is 20.0. The maximum Gasteiger partial charge on any atom is 0.254 e. The number of hydrogen-bond acceptors (Lipinski definition) is 4. The van der Waals surface area contributed by atoms with Crippen LogP contribution in [0.2, 0.25) is 0 Å². The maximum atomic E-state index is 12.6. The molecule has 2 bridgehead atoms. The molecule has 1 aliphatic heterocycles. The molecule has 5 nitrogen and oxygen atoms in total. The van der Waals surface area contributed by atoms with Crippen molar-refractivity contribution in [2.24, 2.45) is 28.8 Å². The Labute approximate surface area is 177 Å². The Hall–Kier alpha value is -2.73. The molecule has 0 aromatic heterocycles. The highest BCUT2D eigenvalue weighted by atomic mass is 79.9. The number of rotatable bonds is 5. The Kier molecular flexibility index (Phi) is 4.59. The molecule has 0 radical (unpaired) electrons. The van der Waals surface area contributed by atoms with Gasteiger partial charge in [0.2, 0.25) is 0 Å². The zero-order valence-electron chi connectivity index (χ0n) is 15.6. The average molecular weight is 451 g/mol. The number of amides is 2. The monoisotopic (exact) mass is 450 g/mol. The smallest absolute Gasteiger partial charge is 0.254 e. The number of benzene rings is 2. The van der Waals surface area contributed by atoms with Gasteiger partial charge in [-0.3, -0.25) is 9.59 Å². The summed E-state index contributed by atoms with van der Waals surface area (Å²) in [6.07, 6.45) is 6.64. The molecule has 2 aliphatic carbocycles. The molecule has 2 amide bonds. The molecule has 1 heterocycles. The average Bonchev–Trinajstić information content (AvgIpc) is 3.41. The van der Waals surface area contributed by atoms with Gasteiger partial charge in [0.05, 0.1) is 18.1 Å². The molecular weight excluding hydrogens is 432 g/mol. The molecule has 0 N–H and O–H groups in total. The molecule has 0 unspecified atom stereocenters. The fourth-order valence-electron chi connectivity index (χ4n) is 4.52. The van der Waals surface area contributed by atoms with Crippen molar-refractivity contribution >= 4 is 34.0 Å². The number of ether oxygens (including phenoxy) is 1. The molecule has 146 valence electrons. The number of allylic oxidation sites excluding steroid dienone is 2. The molecule has 3 aliphatic rings. The Morgan fingerprint density at radius 2 is 1.59 bits per heavy atom. The molecule has 6 heteroatoms. The first-order valence-electron chi connectivity index (χ1n) is 9.67. The topological polar surface area (TPSA) is 59.0 Å². The molecule has 2 aromatic carbocycles. The number of carbonyl (C=O) groups is 2. The third-order valence-corrected chi connectivity index (χ3v) is 6.50. The summed E-state index contributed by atoms with van der Waals surface area (Å²) in [7, 11) is 0. The van der Waals surface area contributed by atoms with Crippen LogP contribution in [0.15, 0.2) is 70.3 Å². The molecule has 2 fully saturated rings. The van der Waals surface area contributed by atoms with Crippen LogP contribution >= 0.6 is 15.9 Å². The number of imide groups is 1. The van der Waals surface area contributed by atoms with Crippen LogP contribution in [0.5, 0.6) is 5.75 Å². The SMILES string of the molecule is O=C1[C@@H]2[C@H](C(=O)N1N=Cc1ccc(OCc3ccc(Br)cc3)cc1)[C@H]1C=C[C@H]2C1. The second-order valence-electron chi connectivity index (χ2n) is 7.72. The molecule has 4 atom stereocenters. The first-order valence-corrected chi connectivity index (χ1v) is 10.5.